The first-order chi connectivity index (χ1) is 12.4. The van der Waals surface area contributed by atoms with Crippen LogP contribution in [0.4, 0.5) is 0 Å². The van der Waals surface area contributed by atoms with E-state index in [-0.39, 0.29) is 12.1 Å². The van der Waals surface area contributed by atoms with Crippen LogP contribution in [0.5, 0.6) is 11.9 Å². The normalized spacial score (nSPS) is 16.4. The summed E-state index contributed by atoms with van der Waals surface area (Å²) in [5, 5.41) is 0. The number of ether oxygens (including phenoxy) is 2. The lowest BCUT2D eigenvalue weighted by atomic mass is 10.1. The summed E-state index contributed by atoms with van der Waals surface area (Å²) < 4.78 is 38.3. The van der Waals surface area contributed by atoms with E-state index >= 15 is 0 Å². The second kappa shape index (κ2) is 7.59. The van der Waals surface area contributed by atoms with Gasteiger partial charge in [-0.25, -0.2) is 13.4 Å². The molecule has 2 aromatic rings. The first kappa shape index (κ1) is 18.6. The van der Waals surface area contributed by atoms with Gasteiger partial charge in [0, 0.05) is 25.4 Å². The first-order valence-corrected chi connectivity index (χ1v) is 9.95. The zero-order valence-electron chi connectivity index (χ0n) is 15.2. The Hall–Kier alpha value is -2.19. The summed E-state index contributed by atoms with van der Waals surface area (Å²) in [4.78, 5) is 8.46. The zero-order chi connectivity index (χ0) is 18.7. The van der Waals surface area contributed by atoms with E-state index in [1.54, 1.807) is 18.3 Å². The molecule has 0 saturated carbocycles. The Bertz CT molecular complexity index is 878. The van der Waals surface area contributed by atoms with E-state index in [2.05, 4.69) is 9.97 Å². The predicted molar refractivity (Wildman–Crippen MR) is 96.9 cm³/mol. The topological polar surface area (TPSA) is 81.6 Å². The van der Waals surface area contributed by atoms with E-state index in [0.717, 1.165) is 11.1 Å². The lowest BCUT2D eigenvalue weighted by molar-refractivity contribution is 0.128. The van der Waals surface area contributed by atoms with Crippen molar-refractivity contribution in [2.45, 2.75) is 37.7 Å². The van der Waals surface area contributed by atoms with Crippen molar-refractivity contribution in [1.82, 2.24) is 14.3 Å². The maximum Gasteiger partial charge on any atom is 0.319 e. The van der Waals surface area contributed by atoms with E-state index in [0.29, 0.717) is 36.7 Å². The van der Waals surface area contributed by atoms with Crippen LogP contribution in [-0.2, 0) is 10.0 Å². The third-order valence-electron chi connectivity index (χ3n) is 4.44. The molecule has 0 aliphatic carbocycles. The van der Waals surface area contributed by atoms with E-state index in [1.165, 1.54) is 11.4 Å². The Morgan fingerprint density at radius 1 is 1.15 bits per heavy atom. The van der Waals surface area contributed by atoms with Gasteiger partial charge in [0.1, 0.15) is 6.10 Å². The van der Waals surface area contributed by atoms with Crippen molar-refractivity contribution in [3.8, 4) is 11.9 Å². The summed E-state index contributed by atoms with van der Waals surface area (Å²) in [5.74, 6) is 0.438. The summed E-state index contributed by atoms with van der Waals surface area (Å²) in [6.07, 6.45) is 2.70. The molecule has 0 bridgehead atoms. The summed E-state index contributed by atoms with van der Waals surface area (Å²) in [7, 11) is -1.99. The molecule has 7 nitrogen and oxygen atoms in total. The second-order valence-electron chi connectivity index (χ2n) is 6.37. The predicted octanol–water partition coefficient (Wildman–Crippen LogP) is 2.33. The zero-order valence-corrected chi connectivity index (χ0v) is 16.0. The highest BCUT2D eigenvalue weighted by molar-refractivity contribution is 7.89. The number of hydrogen-bond donors (Lipinski definition) is 0. The molecule has 8 heteroatoms. The molecule has 0 amide bonds. The minimum absolute atomic E-state index is 0.0836. The molecule has 1 aromatic carbocycles. The highest BCUT2D eigenvalue weighted by Gasteiger charge is 2.31. The maximum absolute atomic E-state index is 13.0. The van der Waals surface area contributed by atoms with Crippen molar-refractivity contribution in [2.24, 2.45) is 0 Å². The molecule has 1 aliphatic heterocycles. The molecule has 0 N–H and O–H groups in total. The van der Waals surface area contributed by atoms with Crippen molar-refractivity contribution in [1.29, 1.82) is 0 Å². The number of piperidine rings is 1. The molecule has 0 atom stereocenters. The van der Waals surface area contributed by atoms with Crippen LogP contribution in [0.1, 0.15) is 24.0 Å². The van der Waals surface area contributed by atoms with Gasteiger partial charge in [-0.1, -0.05) is 12.1 Å². The van der Waals surface area contributed by atoms with Crippen molar-refractivity contribution in [2.75, 3.05) is 20.2 Å². The Morgan fingerprint density at radius 2 is 1.88 bits per heavy atom. The number of aromatic nitrogens is 2. The smallest absolute Gasteiger partial charge is 0.319 e. The Balaban J connectivity index is 1.67. The largest absolute Gasteiger partial charge is 0.474 e. The third kappa shape index (κ3) is 3.96. The number of rotatable bonds is 5. The number of benzene rings is 1. The van der Waals surface area contributed by atoms with Gasteiger partial charge in [0.15, 0.2) is 0 Å². The Morgan fingerprint density at radius 3 is 2.58 bits per heavy atom. The summed E-state index contributed by atoms with van der Waals surface area (Å²) >= 11 is 0. The number of sulfonamides is 1. The minimum atomic E-state index is -3.49. The molecule has 0 radical (unpaired) electrons. The van der Waals surface area contributed by atoms with Crippen LogP contribution in [-0.4, -0.2) is 49.0 Å². The number of nitrogens with zero attached hydrogens (tertiary/aromatic N) is 3. The number of hydrogen-bond acceptors (Lipinski definition) is 6. The quantitative estimate of drug-likeness (QED) is 0.795. The van der Waals surface area contributed by atoms with Crippen LogP contribution in [0.3, 0.4) is 0 Å². The summed E-state index contributed by atoms with van der Waals surface area (Å²) in [6.45, 7) is 4.56. The highest BCUT2D eigenvalue weighted by atomic mass is 32.2. The molecule has 1 fully saturated rings. The van der Waals surface area contributed by atoms with E-state index in [9.17, 15) is 8.42 Å². The van der Waals surface area contributed by atoms with Crippen LogP contribution in [0, 0.1) is 13.8 Å². The van der Waals surface area contributed by atoms with Gasteiger partial charge in [-0.05, 0) is 43.9 Å². The fraction of sp³-hybridized carbons (Fsp3) is 0.444. The average Bonchev–Trinajstić information content (AvgIpc) is 2.64. The van der Waals surface area contributed by atoms with Gasteiger partial charge in [0.05, 0.1) is 12.0 Å². The number of aryl methyl sites for hydroxylation is 2. The Labute approximate surface area is 154 Å². The molecular formula is C18H23N3O4S. The highest BCUT2D eigenvalue weighted by Crippen LogP contribution is 2.26. The lowest BCUT2D eigenvalue weighted by Gasteiger charge is -2.31. The third-order valence-corrected chi connectivity index (χ3v) is 6.48. The summed E-state index contributed by atoms with van der Waals surface area (Å²) in [5.41, 5.74) is 1.70. The van der Waals surface area contributed by atoms with Crippen LogP contribution < -0.4 is 9.47 Å². The van der Waals surface area contributed by atoms with Crippen LogP contribution in [0.15, 0.2) is 35.4 Å². The average molecular weight is 377 g/mol. The van der Waals surface area contributed by atoms with Gasteiger partial charge in [0.25, 0.3) is 0 Å². The van der Waals surface area contributed by atoms with Gasteiger partial charge in [-0.15, -0.1) is 0 Å². The fourth-order valence-corrected chi connectivity index (χ4v) is 4.75. The molecule has 140 valence electrons. The first-order valence-electron chi connectivity index (χ1n) is 8.51. The molecule has 1 aliphatic rings. The fourth-order valence-electron chi connectivity index (χ4n) is 2.97. The monoisotopic (exact) mass is 377 g/mol. The Kier molecular flexibility index (Phi) is 5.43. The molecule has 0 spiro atoms. The van der Waals surface area contributed by atoms with Gasteiger partial charge in [-0.3, -0.25) is 0 Å². The van der Waals surface area contributed by atoms with E-state index in [4.69, 9.17) is 9.47 Å². The SMILES string of the molecule is COc1nccc(OC2CCN(S(=O)(=O)c3cc(C)ccc3C)CC2)n1. The molecule has 26 heavy (non-hydrogen) atoms. The second-order valence-corrected chi connectivity index (χ2v) is 8.28. The van der Waals surface area contributed by atoms with Crippen LogP contribution >= 0.6 is 0 Å². The lowest BCUT2D eigenvalue weighted by Crippen LogP contribution is -2.42. The van der Waals surface area contributed by atoms with Crippen molar-refractivity contribution >= 4 is 10.0 Å². The van der Waals surface area contributed by atoms with Gasteiger partial charge in [0.2, 0.25) is 15.9 Å². The van der Waals surface area contributed by atoms with Crippen LogP contribution in [0.2, 0.25) is 0 Å². The van der Waals surface area contributed by atoms with Crippen molar-refractivity contribution < 1.29 is 17.9 Å². The molecule has 1 saturated heterocycles. The minimum Gasteiger partial charge on any atom is -0.474 e. The van der Waals surface area contributed by atoms with E-state index in [1.807, 2.05) is 26.0 Å². The molecule has 0 unspecified atom stereocenters. The molecule has 2 heterocycles. The number of methoxy groups -OCH3 is 1. The molecular weight excluding hydrogens is 354 g/mol. The molecule has 3 rings (SSSR count). The van der Waals surface area contributed by atoms with Crippen molar-refractivity contribution in [3.63, 3.8) is 0 Å². The standard InChI is InChI=1S/C18H23N3O4S/c1-13-4-5-14(2)16(12-13)26(22,23)21-10-7-15(8-11-21)25-17-6-9-19-18(20-17)24-3/h4-6,9,12,15H,7-8,10-11H2,1-3H3. The van der Waals surface area contributed by atoms with Gasteiger partial charge in [-0.2, -0.15) is 9.29 Å². The molecule has 1 aromatic heterocycles. The van der Waals surface area contributed by atoms with E-state index < -0.39 is 10.0 Å². The van der Waals surface area contributed by atoms with Crippen molar-refractivity contribution in [3.05, 3.63) is 41.6 Å². The van der Waals surface area contributed by atoms with Gasteiger partial charge >= 0.3 is 6.01 Å². The summed E-state index contributed by atoms with van der Waals surface area (Å²) in [6, 6.07) is 7.42. The maximum atomic E-state index is 13.0. The van der Waals surface area contributed by atoms with Crippen LogP contribution in [0.25, 0.3) is 0 Å². The van der Waals surface area contributed by atoms with Gasteiger partial charge < -0.3 is 9.47 Å².